The molecule has 17 heavy (non-hydrogen) atoms. The predicted molar refractivity (Wildman–Crippen MR) is 65.7 cm³/mol. The molecular weight excluding hydrogens is 214 g/mol. The molecule has 3 rings (SSSR count). The molecule has 2 aliphatic rings. The van der Waals surface area contributed by atoms with E-state index in [1.807, 2.05) is 6.20 Å². The Labute approximate surface area is 103 Å². The molecule has 0 spiro atoms. The highest BCUT2D eigenvalue weighted by atomic mass is 16.5. The van der Waals surface area contributed by atoms with Crippen LogP contribution in [0.1, 0.15) is 37.3 Å². The van der Waals surface area contributed by atoms with Crippen LogP contribution in [-0.4, -0.2) is 34.7 Å². The van der Waals surface area contributed by atoms with Gasteiger partial charge >= 0.3 is 0 Å². The van der Waals surface area contributed by atoms with Gasteiger partial charge in [0.1, 0.15) is 5.82 Å². The average molecular weight is 235 g/mol. The van der Waals surface area contributed by atoms with E-state index in [2.05, 4.69) is 28.4 Å². The fourth-order valence-corrected chi connectivity index (χ4v) is 2.40. The summed E-state index contributed by atoms with van der Waals surface area (Å²) >= 11 is 0. The van der Waals surface area contributed by atoms with E-state index < -0.39 is 0 Å². The zero-order valence-corrected chi connectivity index (χ0v) is 10.7. The minimum atomic E-state index is 0.418. The lowest BCUT2D eigenvalue weighted by Crippen LogP contribution is -2.34. The third-order valence-corrected chi connectivity index (χ3v) is 3.98. The van der Waals surface area contributed by atoms with Gasteiger partial charge < -0.3 is 9.30 Å². The van der Waals surface area contributed by atoms with E-state index in [1.165, 1.54) is 24.4 Å². The molecule has 4 heteroatoms. The first-order chi connectivity index (χ1) is 8.25. The van der Waals surface area contributed by atoms with Crippen molar-refractivity contribution in [2.75, 3.05) is 20.2 Å². The molecule has 1 saturated carbocycles. The topological polar surface area (TPSA) is 30.3 Å². The van der Waals surface area contributed by atoms with Crippen molar-refractivity contribution >= 4 is 0 Å². The maximum Gasteiger partial charge on any atom is 0.126 e. The van der Waals surface area contributed by atoms with E-state index in [0.717, 1.165) is 32.2 Å². The minimum Gasteiger partial charge on any atom is -0.375 e. The lowest BCUT2D eigenvalue weighted by molar-refractivity contribution is 0.103. The molecule has 1 aromatic rings. The van der Waals surface area contributed by atoms with Crippen LogP contribution in [0.15, 0.2) is 6.20 Å². The van der Waals surface area contributed by atoms with Crippen LogP contribution in [0, 0.1) is 5.92 Å². The highest BCUT2D eigenvalue weighted by Crippen LogP contribution is 2.29. The summed E-state index contributed by atoms with van der Waals surface area (Å²) < 4.78 is 8.09. The van der Waals surface area contributed by atoms with E-state index in [9.17, 15) is 0 Å². The summed E-state index contributed by atoms with van der Waals surface area (Å²) in [5.41, 5.74) is 1.24. The fourth-order valence-electron chi connectivity index (χ4n) is 2.40. The quantitative estimate of drug-likeness (QED) is 0.797. The second kappa shape index (κ2) is 4.42. The highest BCUT2D eigenvalue weighted by molar-refractivity contribution is 5.10. The summed E-state index contributed by atoms with van der Waals surface area (Å²) in [4.78, 5) is 6.89. The highest BCUT2D eigenvalue weighted by Gasteiger charge is 2.25. The number of rotatable bonds is 4. The van der Waals surface area contributed by atoms with Gasteiger partial charge in [0.15, 0.2) is 0 Å². The Kier molecular flexibility index (Phi) is 2.92. The van der Waals surface area contributed by atoms with Crippen molar-refractivity contribution in [3.63, 3.8) is 0 Å². The zero-order valence-electron chi connectivity index (χ0n) is 10.7. The van der Waals surface area contributed by atoms with E-state index in [-0.39, 0.29) is 0 Å². The average Bonchev–Trinajstić information content (AvgIpc) is 3.04. The molecule has 1 fully saturated rings. The molecular formula is C13H21N3O. The first kappa shape index (κ1) is 11.2. The van der Waals surface area contributed by atoms with Gasteiger partial charge in [-0.1, -0.05) is 0 Å². The van der Waals surface area contributed by atoms with Gasteiger partial charge in [0.25, 0.3) is 0 Å². The van der Waals surface area contributed by atoms with Gasteiger partial charge in [-0.15, -0.1) is 0 Å². The number of hydrogen-bond acceptors (Lipinski definition) is 3. The second-order valence-corrected chi connectivity index (χ2v) is 5.37. The number of aromatic nitrogens is 2. The number of hydrogen-bond donors (Lipinski definition) is 0. The second-order valence-electron chi connectivity index (χ2n) is 5.37. The van der Waals surface area contributed by atoms with E-state index in [1.54, 1.807) is 0 Å². The van der Waals surface area contributed by atoms with Gasteiger partial charge in [-0.25, -0.2) is 4.98 Å². The number of imidazole rings is 1. The van der Waals surface area contributed by atoms with Gasteiger partial charge in [-0.05, 0) is 32.7 Å². The summed E-state index contributed by atoms with van der Waals surface area (Å²) in [5, 5.41) is 0. The van der Waals surface area contributed by atoms with Gasteiger partial charge in [-0.2, -0.15) is 0 Å². The predicted octanol–water partition coefficient (Wildman–Crippen LogP) is 1.82. The van der Waals surface area contributed by atoms with Gasteiger partial charge in [-0.3, -0.25) is 4.90 Å². The largest absolute Gasteiger partial charge is 0.375 e. The molecule has 2 heterocycles. The van der Waals surface area contributed by atoms with Crippen molar-refractivity contribution in [3.05, 3.63) is 17.7 Å². The lowest BCUT2D eigenvalue weighted by atomic mass is 10.2. The van der Waals surface area contributed by atoms with Crippen molar-refractivity contribution in [3.8, 4) is 0 Å². The van der Waals surface area contributed by atoms with Crippen LogP contribution in [0.3, 0.4) is 0 Å². The first-order valence-corrected chi connectivity index (χ1v) is 6.58. The van der Waals surface area contributed by atoms with Crippen molar-refractivity contribution in [1.29, 1.82) is 0 Å². The molecule has 94 valence electrons. The van der Waals surface area contributed by atoms with Crippen molar-refractivity contribution < 1.29 is 4.74 Å². The van der Waals surface area contributed by atoms with Crippen LogP contribution in [0.5, 0.6) is 0 Å². The number of likely N-dealkylation sites (N-methyl/N-ethyl adjacent to an activating group) is 1. The van der Waals surface area contributed by atoms with Crippen molar-refractivity contribution in [2.45, 2.75) is 39.0 Å². The van der Waals surface area contributed by atoms with Gasteiger partial charge in [0.05, 0.1) is 24.5 Å². The van der Waals surface area contributed by atoms with Crippen molar-refractivity contribution in [1.82, 2.24) is 14.5 Å². The summed E-state index contributed by atoms with van der Waals surface area (Å²) in [6, 6.07) is 0.418. The Morgan fingerprint density at radius 2 is 2.24 bits per heavy atom. The van der Waals surface area contributed by atoms with E-state index >= 15 is 0 Å². The molecule has 1 aliphatic heterocycles. The Morgan fingerprint density at radius 3 is 3.00 bits per heavy atom. The third kappa shape index (κ3) is 2.24. The maximum absolute atomic E-state index is 5.76. The first-order valence-electron chi connectivity index (χ1n) is 6.58. The van der Waals surface area contributed by atoms with E-state index in [4.69, 9.17) is 4.74 Å². The monoisotopic (exact) mass is 235 g/mol. The smallest absolute Gasteiger partial charge is 0.126 e. The Bertz CT molecular complexity index is 397. The molecule has 1 aliphatic carbocycles. The van der Waals surface area contributed by atoms with Crippen LogP contribution < -0.4 is 0 Å². The molecule has 0 bridgehead atoms. The standard InChI is InChI=1S/C13H21N3O/c1-10-13-14-7-12(9-17-8-11-3-4-11)16(13)6-5-15(10)2/h7,10-11H,3-6,8-9H2,1-2H3/t10-/m1/s1. The number of nitrogens with zero attached hydrogens (tertiary/aromatic N) is 3. The molecule has 0 aromatic carbocycles. The SMILES string of the molecule is C[C@@H]1c2ncc(COCC3CC3)n2CCN1C. The Hall–Kier alpha value is -0.870. The van der Waals surface area contributed by atoms with Crippen LogP contribution in [-0.2, 0) is 17.9 Å². The van der Waals surface area contributed by atoms with Crippen LogP contribution in [0.2, 0.25) is 0 Å². The zero-order chi connectivity index (χ0) is 11.8. The molecule has 0 amide bonds. The normalized spacial score (nSPS) is 24.9. The van der Waals surface area contributed by atoms with Gasteiger partial charge in [0.2, 0.25) is 0 Å². The van der Waals surface area contributed by atoms with Gasteiger partial charge in [0, 0.05) is 19.7 Å². The summed E-state index contributed by atoms with van der Waals surface area (Å²) in [7, 11) is 2.16. The summed E-state index contributed by atoms with van der Waals surface area (Å²) in [6.45, 7) is 6.00. The molecule has 1 aromatic heterocycles. The van der Waals surface area contributed by atoms with Crippen LogP contribution in [0.4, 0.5) is 0 Å². The molecule has 4 nitrogen and oxygen atoms in total. The fraction of sp³-hybridized carbons (Fsp3) is 0.769. The maximum atomic E-state index is 5.76. The summed E-state index contributed by atoms with van der Waals surface area (Å²) in [6.07, 6.45) is 4.69. The van der Waals surface area contributed by atoms with E-state index in [0.29, 0.717) is 6.04 Å². The molecule has 0 N–H and O–H groups in total. The molecule has 0 saturated heterocycles. The third-order valence-electron chi connectivity index (χ3n) is 3.98. The van der Waals surface area contributed by atoms with Crippen LogP contribution in [0.25, 0.3) is 0 Å². The molecule has 1 atom stereocenters. The van der Waals surface area contributed by atoms with Crippen molar-refractivity contribution in [2.24, 2.45) is 5.92 Å². The lowest BCUT2D eigenvalue weighted by Gasteiger charge is -2.31. The molecule has 0 radical (unpaired) electrons. The number of ether oxygens (including phenoxy) is 1. The number of fused-ring (bicyclic) bond motifs is 1. The summed E-state index contributed by atoms with van der Waals surface area (Å²) in [5.74, 6) is 2.02. The Morgan fingerprint density at radius 1 is 1.41 bits per heavy atom. The Balaban J connectivity index is 1.66. The molecule has 0 unspecified atom stereocenters. The minimum absolute atomic E-state index is 0.418. The van der Waals surface area contributed by atoms with Crippen LogP contribution >= 0.6 is 0 Å².